The monoisotopic (exact) mass is 223 g/mol. The fourth-order valence-electron chi connectivity index (χ4n) is 2.04. The minimum absolute atomic E-state index is 0.0844. The van der Waals surface area contributed by atoms with Gasteiger partial charge < -0.3 is 10.2 Å². The summed E-state index contributed by atoms with van der Waals surface area (Å²) in [5.74, 6) is 0.966. The summed E-state index contributed by atoms with van der Waals surface area (Å²) in [6, 6.07) is 2.07. The molecule has 2 nitrogen and oxygen atoms in total. The molecule has 1 unspecified atom stereocenters. The van der Waals surface area contributed by atoms with Crippen molar-refractivity contribution >= 4 is 0 Å². The van der Waals surface area contributed by atoms with Crippen molar-refractivity contribution in [1.82, 2.24) is 0 Å². The number of hydrogen-bond donors (Lipinski definition) is 1. The highest BCUT2D eigenvalue weighted by molar-refractivity contribution is 5.17. The highest BCUT2D eigenvalue weighted by Crippen LogP contribution is 2.21. The average molecular weight is 223 g/mol. The van der Waals surface area contributed by atoms with Crippen molar-refractivity contribution in [2.24, 2.45) is 5.73 Å². The van der Waals surface area contributed by atoms with Crippen molar-refractivity contribution in [3.63, 3.8) is 0 Å². The maximum Gasteiger partial charge on any atom is 0.123 e. The van der Waals surface area contributed by atoms with Gasteiger partial charge in [0, 0.05) is 0 Å². The van der Waals surface area contributed by atoms with Crippen LogP contribution in [0.5, 0.6) is 0 Å². The molecule has 0 fully saturated rings. The minimum Gasteiger partial charge on any atom is -0.467 e. The van der Waals surface area contributed by atoms with Gasteiger partial charge in [-0.2, -0.15) is 0 Å². The number of hydrogen-bond acceptors (Lipinski definition) is 2. The summed E-state index contributed by atoms with van der Waals surface area (Å²) in [6.07, 6.45) is 10.7. The molecule has 0 aliphatic heterocycles. The summed E-state index contributed by atoms with van der Waals surface area (Å²) in [4.78, 5) is 0. The summed E-state index contributed by atoms with van der Waals surface area (Å²) in [6.45, 7) is 4.30. The van der Waals surface area contributed by atoms with Crippen LogP contribution < -0.4 is 5.73 Å². The van der Waals surface area contributed by atoms with E-state index in [0.29, 0.717) is 0 Å². The van der Waals surface area contributed by atoms with Crippen molar-refractivity contribution < 1.29 is 4.42 Å². The molecule has 2 N–H and O–H groups in total. The van der Waals surface area contributed by atoms with Crippen molar-refractivity contribution in [2.75, 3.05) is 0 Å². The molecule has 1 aromatic heterocycles. The lowest BCUT2D eigenvalue weighted by molar-refractivity contribution is 0.436. The first-order valence-electron chi connectivity index (χ1n) is 6.55. The molecule has 0 spiro atoms. The summed E-state index contributed by atoms with van der Waals surface area (Å²) >= 11 is 0. The largest absolute Gasteiger partial charge is 0.467 e. The Hall–Kier alpha value is -0.760. The average Bonchev–Trinajstić information content (AvgIpc) is 2.69. The normalized spacial score (nSPS) is 12.9. The number of furan rings is 1. The molecule has 1 heterocycles. The van der Waals surface area contributed by atoms with Crippen LogP contribution in [0.3, 0.4) is 0 Å². The quantitative estimate of drug-likeness (QED) is 0.666. The third kappa shape index (κ3) is 4.40. The van der Waals surface area contributed by atoms with Crippen LogP contribution >= 0.6 is 0 Å². The summed E-state index contributed by atoms with van der Waals surface area (Å²) < 4.78 is 5.40. The van der Waals surface area contributed by atoms with Gasteiger partial charge in [-0.3, -0.25) is 0 Å². The second-order valence-electron chi connectivity index (χ2n) is 4.63. The summed E-state index contributed by atoms with van der Waals surface area (Å²) in [7, 11) is 0. The molecule has 0 radical (unpaired) electrons. The van der Waals surface area contributed by atoms with E-state index in [1.54, 1.807) is 6.26 Å². The zero-order valence-corrected chi connectivity index (χ0v) is 10.7. The Bertz CT molecular complexity index is 280. The first-order valence-corrected chi connectivity index (χ1v) is 6.55. The van der Waals surface area contributed by atoms with Gasteiger partial charge in [0.05, 0.1) is 12.3 Å². The molecule has 0 aliphatic carbocycles. The highest BCUT2D eigenvalue weighted by Gasteiger charge is 2.11. The minimum atomic E-state index is 0.0844. The van der Waals surface area contributed by atoms with E-state index in [9.17, 15) is 0 Å². The van der Waals surface area contributed by atoms with E-state index in [-0.39, 0.29) is 6.04 Å². The van der Waals surface area contributed by atoms with E-state index in [2.05, 4.69) is 13.8 Å². The second-order valence-corrected chi connectivity index (χ2v) is 4.63. The lowest BCUT2D eigenvalue weighted by Gasteiger charge is -2.09. The number of aryl methyl sites for hydroxylation is 1. The maximum atomic E-state index is 6.09. The predicted molar refractivity (Wildman–Crippen MR) is 68.4 cm³/mol. The molecule has 0 amide bonds. The van der Waals surface area contributed by atoms with Crippen LogP contribution in [0.4, 0.5) is 0 Å². The van der Waals surface area contributed by atoms with Gasteiger partial charge in [0.2, 0.25) is 0 Å². The van der Waals surface area contributed by atoms with Gasteiger partial charge in [-0.05, 0) is 25.0 Å². The number of unbranched alkanes of at least 4 members (excludes halogenated alkanes) is 5. The first-order chi connectivity index (χ1) is 7.75. The van der Waals surface area contributed by atoms with Crippen molar-refractivity contribution in [2.45, 2.75) is 64.8 Å². The van der Waals surface area contributed by atoms with E-state index in [4.69, 9.17) is 10.2 Å². The molecule has 1 atom stereocenters. The molecule has 0 bridgehead atoms. The predicted octanol–water partition coefficient (Wildman–Crippen LogP) is 4.34. The van der Waals surface area contributed by atoms with Crippen LogP contribution in [0.25, 0.3) is 0 Å². The van der Waals surface area contributed by atoms with Gasteiger partial charge in [0.1, 0.15) is 5.76 Å². The van der Waals surface area contributed by atoms with Crippen LogP contribution in [0, 0.1) is 6.92 Å². The standard InChI is InChI=1S/C14H25NO/c1-3-4-5-6-7-8-9-13(15)14-12(2)10-11-16-14/h10-11,13H,3-9,15H2,1-2H3. The van der Waals surface area contributed by atoms with E-state index in [1.807, 2.05) is 6.07 Å². The third-order valence-electron chi connectivity index (χ3n) is 3.11. The molecule has 1 aromatic rings. The highest BCUT2D eigenvalue weighted by atomic mass is 16.3. The topological polar surface area (TPSA) is 39.2 Å². The molecular weight excluding hydrogens is 198 g/mol. The Morgan fingerprint density at radius 1 is 1.19 bits per heavy atom. The smallest absolute Gasteiger partial charge is 0.123 e. The van der Waals surface area contributed by atoms with Crippen molar-refractivity contribution in [3.8, 4) is 0 Å². The lowest BCUT2D eigenvalue weighted by atomic mass is 10.0. The van der Waals surface area contributed by atoms with Gasteiger partial charge in [0.15, 0.2) is 0 Å². The Morgan fingerprint density at radius 3 is 2.50 bits per heavy atom. The number of nitrogens with two attached hydrogens (primary N) is 1. The van der Waals surface area contributed by atoms with Crippen molar-refractivity contribution in [3.05, 3.63) is 23.7 Å². The van der Waals surface area contributed by atoms with Crippen molar-refractivity contribution in [1.29, 1.82) is 0 Å². The molecule has 0 aromatic carbocycles. The zero-order valence-electron chi connectivity index (χ0n) is 10.7. The molecule has 0 saturated carbocycles. The van der Waals surface area contributed by atoms with Gasteiger partial charge in [-0.15, -0.1) is 0 Å². The summed E-state index contributed by atoms with van der Waals surface area (Å²) in [5.41, 5.74) is 7.27. The van der Waals surface area contributed by atoms with E-state index < -0.39 is 0 Å². The van der Waals surface area contributed by atoms with Crippen LogP contribution in [-0.2, 0) is 0 Å². The maximum absolute atomic E-state index is 6.09. The van der Waals surface area contributed by atoms with E-state index in [1.165, 1.54) is 44.1 Å². The van der Waals surface area contributed by atoms with Gasteiger partial charge in [0.25, 0.3) is 0 Å². The van der Waals surface area contributed by atoms with Gasteiger partial charge >= 0.3 is 0 Å². The SMILES string of the molecule is CCCCCCCCC(N)c1occc1C. The molecule has 16 heavy (non-hydrogen) atoms. The summed E-state index contributed by atoms with van der Waals surface area (Å²) in [5, 5.41) is 0. The fraction of sp³-hybridized carbons (Fsp3) is 0.714. The van der Waals surface area contributed by atoms with Gasteiger partial charge in [-0.25, -0.2) is 0 Å². The Labute approximate surface area is 99.2 Å². The Balaban J connectivity index is 2.11. The first kappa shape index (κ1) is 13.3. The lowest BCUT2D eigenvalue weighted by Crippen LogP contribution is -2.10. The molecular formula is C14H25NO. The Morgan fingerprint density at radius 2 is 1.88 bits per heavy atom. The van der Waals surface area contributed by atoms with Crippen LogP contribution in [0.1, 0.15) is 69.2 Å². The van der Waals surface area contributed by atoms with E-state index >= 15 is 0 Å². The Kier molecular flexibility index (Phi) is 6.24. The molecule has 1 rings (SSSR count). The molecule has 0 saturated heterocycles. The fourth-order valence-corrected chi connectivity index (χ4v) is 2.04. The molecule has 92 valence electrons. The molecule has 2 heteroatoms. The van der Waals surface area contributed by atoms with Crippen LogP contribution in [0.15, 0.2) is 16.7 Å². The zero-order chi connectivity index (χ0) is 11.8. The second kappa shape index (κ2) is 7.50. The third-order valence-corrected chi connectivity index (χ3v) is 3.11. The van der Waals surface area contributed by atoms with Gasteiger partial charge in [-0.1, -0.05) is 45.4 Å². The van der Waals surface area contributed by atoms with Crippen LogP contribution in [-0.4, -0.2) is 0 Å². The van der Waals surface area contributed by atoms with Crippen LogP contribution in [0.2, 0.25) is 0 Å². The number of rotatable bonds is 8. The molecule has 0 aliphatic rings. The van der Waals surface area contributed by atoms with E-state index in [0.717, 1.165) is 12.2 Å².